The predicted octanol–water partition coefficient (Wildman–Crippen LogP) is 2.29. The molecule has 1 amide bonds. The van der Waals surface area contributed by atoms with E-state index in [4.69, 9.17) is 0 Å². The molecule has 0 bridgehead atoms. The van der Waals surface area contributed by atoms with Crippen LogP contribution < -0.4 is 0 Å². The number of aliphatic hydroxyl groups excluding tert-OH is 1. The van der Waals surface area contributed by atoms with Crippen molar-refractivity contribution in [2.24, 2.45) is 0 Å². The number of fused-ring (bicyclic) bond motifs is 1. The molecule has 1 aromatic heterocycles. The number of aromatic nitrogens is 1. The van der Waals surface area contributed by atoms with Crippen molar-refractivity contribution in [1.82, 2.24) is 9.88 Å². The molecule has 1 saturated carbocycles. The van der Waals surface area contributed by atoms with Gasteiger partial charge in [-0.3, -0.25) is 4.79 Å². The zero-order chi connectivity index (χ0) is 14.3. The quantitative estimate of drug-likeness (QED) is 0.884. The van der Waals surface area contributed by atoms with E-state index in [-0.39, 0.29) is 17.8 Å². The number of halogens is 1. The van der Waals surface area contributed by atoms with Crippen molar-refractivity contribution < 1.29 is 14.3 Å². The lowest BCUT2D eigenvalue weighted by Gasteiger charge is -2.26. The lowest BCUT2D eigenvalue weighted by molar-refractivity contribution is 0.0534. The second-order valence-electron chi connectivity index (χ2n) is 5.37. The Balaban J connectivity index is 1.90. The molecule has 2 aromatic rings. The third-order valence-corrected chi connectivity index (χ3v) is 4.10. The van der Waals surface area contributed by atoms with Gasteiger partial charge in [0.1, 0.15) is 11.5 Å². The molecule has 0 radical (unpaired) electrons. The number of nitrogens with one attached hydrogen (secondary N) is 1. The summed E-state index contributed by atoms with van der Waals surface area (Å²) in [6.07, 6.45) is 1.98. The molecule has 1 aliphatic rings. The van der Waals surface area contributed by atoms with Crippen LogP contribution in [0.1, 0.15) is 29.8 Å². The number of H-pyrrole nitrogens is 1. The highest BCUT2D eigenvalue weighted by Gasteiger charge is 2.32. The van der Waals surface area contributed by atoms with Gasteiger partial charge in [-0.05, 0) is 37.5 Å². The van der Waals surface area contributed by atoms with Crippen LogP contribution in [0.15, 0.2) is 24.3 Å². The summed E-state index contributed by atoms with van der Waals surface area (Å²) in [6.45, 7) is 0. The van der Waals surface area contributed by atoms with Crippen LogP contribution >= 0.6 is 0 Å². The second-order valence-corrected chi connectivity index (χ2v) is 5.37. The monoisotopic (exact) mass is 276 g/mol. The van der Waals surface area contributed by atoms with Gasteiger partial charge in [0.2, 0.25) is 0 Å². The number of aliphatic hydroxyl groups is 1. The SMILES string of the molecule is CN(C(=O)c1cc2c(F)cccc2[nH]1)[C@@H]1CCC[C@H]1O. The van der Waals surface area contributed by atoms with Crippen molar-refractivity contribution >= 4 is 16.8 Å². The highest BCUT2D eigenvalue weighted by molar-refractivity contribution is 5.98. The van der Waals surface area contributed by atoms with Crippen LogP contribution in [-0.4, -0.2) is 40.1 Å². The lowest BCUT2D eigenvalue weighted by Crippen LogP contribution is -2.41. The number of aromatic amines is 1. The van der Waals surface area contributed by atoms with Gasteiger partial charge >= 0.3 is 0 Å². The molecule has 1 aromatic carbocycles. The molecule has 2 N–H and O–H groups in total. The molecular weight excluding hydrogens is 259 g/mol. The van der Waals surface area contributed by atoms with E-state index >= 15 is 0 Å². The summed E-state index contributed by atoms with van der Waals surface area (Å²) < 4.78 is 13.6. The maximum absolute atomic E-state index is 13.6. The minimum Gasteiger partial charge on any atom is -0.391 e. The van der Waals surface area contributed by atoms with Gasteiger partial charge in [-0.2, -0.15) is 0 Å². The van der Waals surface area contributed by atoms with Gasteiger partial charge in [-0.15, -0.1) is 0 Å². The highest BCUT2D eigenvalue weighted by atomic mass is 19.1. The first-order valence-electron chi connectivity index (χ1n) is 6.80. The topological polar surface area (TPSA) is 56.3 Å². The summed E-state index contributed by atoms with van der Waals surface area (Å²) >= 11 is 0. The Morgan fingerprint density at radius 3 is 2.90 bits per heavy atom. The number of carbonyl (C=O) groups is 1. The highest BCUT2D eigenvalue weighted by Crippen LogP contribution is 2.25. The van der Waals surface area contributed by atoms with Crippen LogP contribution in [0.5, 0.6) is 0 Å². The fraction of sp³-hybridized carbons (Fsp3) is 0.400. The van der Waals surface area contributed by atoms with Crippen LogP contribution in [0.2, 0.25) is 0 Å². The standard InChI is InChI=1S/C15H17FN2O2/c1-18(13-6-3-7-14(13)19)15(20)12-8-9-10(16)4-2-5-11(9)17-12/h2,4-5,8,13-14,17,19H,3,6-7H2,1H3/t13-,14-/m1/s1. The fourth-order valence-corrected chi connectivity index (χ4v) is 2.95. The lowest BCUT2D eigenvalue weighted by atomic mass is 10.1. The minimum atomic E-state index is -0.468. The van der Waals surface area contributed by atoms with E-state index in [1.807, 2.05) is 0 Å². The fourth-order valence-electron chi connectivity index (χ4n) is 2.95. The maximum atomic E-state index is 13.6. The van der Waals surface area contributed by atoms with Gasteiger partial charge in [0.25, 0.3) is 5.91 Å². The summed E-state index contributed by atoms with van der Waals surface area (Å²) in [5.41, 5.74) is 0.959. The van der Waals surface area contributed by atoms with Gasteiger partial charge in [-0.25, -0.2) is 4.39 Å². The number of nitrogens with zero attached hydrogens (tertiary/aromatic N) is 1. The molecular formula is C15H17FN2O2. The molecule has 0 aliphatic heterocycles. The number of hydrogen-bond acceptors (Lipinski definition) is 2. The first-order chi connectivity index (χ1) is 9.58. The van der Waals surface area contributed by atoms with Crippen molar-refractivity contribution in [3.05, 3.63) is 35.8 Å². The Labute approximate surface area is 116 Å². The van der Waals surface area contributed by atoms with Gasteiger partial charge in [0.05, 0.1) is 12.1 Å². The predicted molar refractivity (Wildman–Crippen MR) is 74.0 cm³/mol. The second kappa shape index (κ2) is 4.90. The number of likely N-dealkylation sites (N-methyl/N-ethyl adjacent to an activating group) is 1. The largest absolute Gasteiger partial charge is 0.391 e. The van der Waals surface area contributed by atoms with Crippen molar-refractivity contribution in [1.29, 1.82) is 0 Å². The van der Waals surface area contributed by atoms with Crippen molar-refractivity contribution in [3.8, 4) is 0 Å². The number of hydrogen-bond donors (Lipinski definition) is 2. The van der Waals surface area contributed by atoms with Crippen LogP contribution in [-0.2, 0) is 0 Å². The van der Waals surface area contributed by atoms with E-state index in [1.54, 1.807) is 24.1 Å². The molecule has 0 unspecified atom stereocenters. The summed E-state index contributed by atoms with van der Waals surface area (Å²) in [7, 11) is 1.68. The van der Waals surface area contributed by atoms with E-state index in [2.05, 4.69) is 4.98 Å². The Morgan fingerprint density at radius 1 is 1.45 bits per heavy atom. The summed E-state index contributed by atoms with van der Waals surface area (Å²) in [5.74, 6) is -0.562. The first kappa shape index (κ1) is 13.1. The van der Waals surface area contributed by atoms with Crippen molar-refractivity contribution in [2.45, 2.75) is 31.4 Å². The van der Waals surface area contributed by atoms with E-state index in [0.717, 1.165) is 19.3 Å². The normalized spacial score (nSPS) is 22.4. The average molecular weight is 276 g/mol. The maximum Gasteiger partial charge on any atom is 0.270 e. The number of carbonyl (C=O) groups excluding carboxylic acids is 1. The molecule has 20 heavy (non-hydrogen) atoms. The smallest absolute Gasteiger partial charge is 0.270 e. The van der Waals surface area contributed by atoms with Gasteiger partial charge in [0, 0.05) is 18.0 Å². The number of rotatable bonds is 2. The molecule has 106 valence electrons. The summed E-state index contributed by atoms with van der Waals surface area (Å²) in [5, 5.41) is 10.3. The van der Waals surface area contributed by atoms with Gasteiger partial charge < -0.3 is 15.0 Å². The van der Waals surface area contributed by atoms with Crippen LogP contribution in [0.4, 0.5) is 4.39 Å². The zero-order valence-electron chi connectivity index (χ0n) is 11.3. The third-order valence-electron chi connectivity index (χ3n) is 4.10. The van der Waals surface area contributed by atoms with E-state index in [9.17, 15) is 14.3 Å². The van der Waals surface area contributed by atoms with Crippen LogP contribution in [0, 0.1) is 5.82 Å². The minimum absolute atomic E-state index is 0.154. The summed E-state index contributed by atoms with van der Waals surface area (Å²) in [4.78, 5) is 16.9. The Bertz CT molecular complexity index is 652. The number of amides is 1. The van der Waals surface area contributed by atoms with E-state index < -0.39 is 6.10 Å². The van der Waals surface area contributed by atoms with E-state index in [0.29, 0.717) is 16.6 Å². The molecule has 1 heterocycles. The molecule has 1 fully saturated rings. The molecule has 0 saturated heterocycles. The molecule has 4 nitrogen and oxygen atoms in total. The van der Waals surface area contributed by atoms with Gasteiger partial charge in [0.15, 0.2) is 0 Å². The molecule has 2 atom stereocenters. The van der Waals surface area contributed by atoms with Crippen molar-refractivity contribution in [2.75, 3.05) is 7.05 Å². The third kappa shape index (κ3) is 2.08. The van der Waals surface area contributed by atoms with Crippen LogP contribution in [0.3, 0.4) is 0 Å². The van der Waals surface area contributed by atoms with E-state index in [1.165, 1.54) is 12.1 Å². The Kier molecular flexibility index (Phi) is 3.22. The Hall–Kier alpha value is -1.88. The Morgan fingerprint density at radius 2 is 2.25 bits per heavy atom. The molecule has 0 spiro atoms. The first-order valence-corrected chi connectivity index (χ1v) is 6.80. The number of benzene rings is 1. The molecule has 3 rings (SSSR count). The van der Waals surface area contributed by atoms with Crippen LogP contribution in [0.25, 0.3) is 10.9 Å². The molecule has 5 heteroatoms. The summed E-state index contributed by atoms with van der Waals surface area (Å²) in [6, 6.07) is 6.09. The molecule has 1 aliphatic carbocycles. The van der Waals surface area contributed by atoms with Gasteiger partial charge in [-0.1, -0.05) is 6.07 Å². The average Bonchev–Trinajstić information content (AvgIpc) is 3.04. The van der Waals surface area contributed by atoms with Crippen molar-refractivity contribution in [3.63, 3.8) is 0 Å². The zero-order valence-corrected chi connectivity index (χ0v) is 11.3.